The Hall–Kier alpha value is -2.01. The van der Waals surface area contributed by atoms with Gasteiger partial charge in [-0.1, -0.05) is 62.0 Å². The summed E-state index contributed by atoms with van der Waals surface area (Å²) in [5.41, 5.74) is 0. The topological polar surface area (TPSA) is 80.4 Å². The van der Waals surface area contributed by atoms with E-state index in [1.165, 1.54) is 0 Å². The van der Waals surface area contributed by atoms with Crippen LogP contribution in [0.2, 0.25) is 0 Å². The van der Waals surface area contributed by atoms with Gasteiger partial charge in [0.15, 0.2) is 6.29 Å². The van der Waals surface area contributed by atoms with Crippen molar-refractivity contribution < 1.29 is 14.8 Å². The Labute approximate surface area is 163 Å². The van der Waals surface area contributed by atoms with Crippen LogP contribution >= 0.6 is 0 Å². The third-order valence-electron chi connectivity index (χ3n) is 4.15. The molecule has 0 rings (SSSR count). The van der Waals surface area contributed by atoms with Gasteiger partial charge in [0.2, 0.25) is 6.04 Å². The lowest BCUT2D eigenvalue weighted by molar-refractivity contribution is -0.534. The lowest BCUT2D eigenvalue weighted by atomic mass is 10.1. The largest absolute Gasteiger partial charge is 0.386 e. The lowest BCUT2D eigenvalue weighted by Gasteiger charge is -2.12. The van der Waals surface area contributed by atoms with Gasteiger partial charge >= 0.3 is 0 Å². The second kappa shape index (κ2) is 18.8. The molecule has 0 aliphatic carbocycles. The van der Waals surface area contributed by atoms with Gasteiger partial charge in [-0.05, 0) is 44.9 Å². The van der Waals surface area contributed by atoms with Gasteiger partial charge in [0.25, 0.3) is 0 Å². The standard InChI is InChI=1S/C22H34NO4/c1-2-21(23(26)27)22(25)19-17-15-13-11-9-7-5-3-4-6-8-10-12-14-16-18-20-24/h5-9,11,15,17,21-22,25H,2-4,10,12-14,16,18-19H2,1H3/b7-5-,8-6-,11-9-,17-15-. The van der Waals surface area contributed by atoms with E-state index in [2.05, 4.69) is 18.2 Å². The van der Waals surface area contributed by atoms with Crippen LogP contribution in [-0.4, -0.2) is 28.5 Å². The van der Waals surface area contributed by atoms with Gasteiger partial charge in [0.1, 0.15) is 6.10 Å². The third-order valence-corrected chi connectivity index (χ3v) is 4.15. The van der Waals surface area contributed by atoms with E-state index in [1.807, 2.05) is 30.6 Å². The molecule has 0 saturated carbocycles. The number of unbranched alkanes of at least 4 members (excludes halogenated alkanes) is 5. The Balaban J connectivity index is 3.67. The molecule has 0 aromatic rings. The fourth-order valence-corrected chi connectivity index (χ4v) is 2.53. The Kier molecular flexibility index (Phi) is 17.4. The molecule has 2 unspecified atom stereocenters. The van der Waals surface area contributed by atoms with E-state index in [-0.39, 0.29) is 0 Å². The fourth-order valence-electron chi connectivity index (χ4n) is 2.53. The first-order valence-corrected chi connectivity index (χ1v) is 9.91. The molecule has 0 bridgehead atoms. The SMILES string of the molecule is CCC(C(O)C/C=C\C/C=C\C=C/CC/C=C\CCCCC[C]=O)[N+](=O)[O-]. The number of aliphatic hydroxyl groups is 1. The predicted molar refractivity (Wildman–Crippen MR) is 111 cm³/mol. The van der Waals surface area contributed by atoms with Crippen molar-refractivity contribution in [3.8, 4) is 0 Å². The number of aliphatic hydroxyl groups excluding tert-OH is 1. The Morgan fingerprint density at radius 3 is 2.37 bits per heavy atom. The summed E-state index contributed by atoms with van der Waals surface area (Å²) in [6.07, 6.45) is 25.5. The van der Waals surface area contributed by atoms with Gasteiger partial charge in [-0.15, -0.1) is 0 Å². The molecule has 0 aliphatic rings. The van der Waals surface area contributed by atoms with Crippen molar-refractivity contribution in [2.24, 2.45) is 0 Å². The molecule has 0 spiro atoms. The number of nitrogens with zero attached hydrogens (tertiary/aromatic N) is 1. The number of hydrogen-bond donors (Lipinski definition) is 1. The number of hydrogen-bond acceptors (Lipinski definition) is 4. The molecule has 2 atom stereocenters. The molecule has 27 heavy (non-hydrogen) atoms. The minimum Gasteiger partial charge on any atom is -0.386 e. The van der Waals surface area contributed by atoms with E-state index in [0.29, 0.717) is 19.3 Å². The summed E-state index contributed by atoms with van der Waals surface area (Å²) >= 11 is 0. The van der Waals surface area contributed by atoms with E-state index >= 15 is 0 Å². The van der Waals surface area contributed by atoms with Gasteiger partial charge < -0.3 is 5.11 Å². The summed E-state index contributed by atoms with van der Waals surface area (Å²) < 4.78 is 0. The maximum atomic E-state index is 10.7. The van der Waals surface area contributed by atoms with E-state index in [0.717, 1.165) is 44.9 Å². The van der Waals surface area contributed by atoms with Crippen LogP contribution in [-0.2, 0) is 4.79 Å². The van der Waals surface area contributed by atoms with Gasteiger partial charge in [-0.25, -0.2) is 0 Å². The minimum atomic E-state index is -0.923. The molecule has 5 nitrogen and oxygen atoms in total. The molecule has 151 valence electrons. The first-order valence-electron chi connectivity index (χ1n) is 9.91. The van der Waals surface area contributed by atoms with E-state index in [1.54, 1.807) is 13.0 Å². The van der Waals surface area contributed by atoms with Gasteiger partial charge in [0.05, 0.1) is 0 Å². The molecular formula is C22H34NO4. The highest BCUT2D eigenvalue weighted by Crippen LogP contribution is 2.08. The van der Waals surface area contributed by atoms with Crippen LogP contribution in [0.5, 0.6) is 0 Å². The summed E-state index contributed by atoms with van der Waals surface area (Å²) in [7, 11) is 0. The van der Waals surface area contributed by atoms with Crippen molar-refractivity contribution in [3.05, 3.63) is 58.7 Å². The number of nitro groups is 1. The molecule has 5 heteroatoms. The van der Waals surface area contributed by atoms with Crippen LogP contribution in [0.1, 0.15) is 71.1 Å². The van der Waals surface area contributed by atoms with E-state index < -0.39 is 17.1 Å². The summed E-state index contributed by atoms with van der Waals surface area (Å²) in [4.78, 5) is 20.4. The van der Waals surface area contributed by atoms with E-state index in [4.69, 9.17) is 0 Å². The molecule has 0 fully saturated rings. The first-order chi connectivity index (χ1) is 13.1. The summed E-state index contributed by atoms with van der Waals surface area (Å²) in [5.74, 6) is 0. The molecule has 0 aromatic heterocycles. The van der Waals surface area contributed by atoms with Crippen molar-refractivity contribution >= 4 is 6.29 Å². The van der Waals surface area contributed by atoms with Crippen LogP contribution in [0, 0.1) is 10.1 Å². The maximum Gasteiger partial charge on any atom is 0.238 e. The predicted octanol–water partition coefficient (Wildman–Crippen LogP) is 5.25. The quantitative estimate of drug-likeness (QED) is 0.124. The lowest BCUT2D eigenvalue weighted by Crippen LogP contribution is -2.32. The number of rotatable bonds is 17. The second-order valence-electron chi connectivity index (χ2n) is 6.42. The highest BCUT2D eigenvalue weighted by molar-refractivity contribution is 5.50. The Bertz CT molecular complexity index is 495. The van der Waals surface area contributed by atoms with Gasteiger partial charge in [-0.3, -0.25) is 14.9 Å². The van der Waals surface area contributed by atoms with Crippen LogP contribution in [0.3, 0.4) is 0 Å². The Morgan fingerprint density at radius 1 is 0.963 bits per heavy atom. The van der Waals surface area contributed by atoms with Crippen LogP contribution in [0.4, 0.5) is 0 Å². The summed E-state index contributed by atoms with van der Waals surface area (Å²) in [5, 5.41) is 20.5. The number of carbonyl (C=O) groups excluding carboxylic acids is 1. The average molecular weight is 377 g/mol. The van der Waals surface area contributed by atoms with E-state index in [9.17, 15) is 20.0 Å². The monoisotopic (exact) mass is 376 g/mol. The first kappa shape index (κ1) is 25.0. The molecule has 0 aromatic carbocycles. The zero-order chi connectivity index (χ0) is 20.2. The average Bonchev–Trinajstić information content (AvgIpc) is 2.64. The third kappa shape index (κ3) is 15.9. The van der Waals surface area contributed by atoms with Crippen molar-refractivity contribution in [1.82, 2.24) is 0 Å². The summed E-state index contributed by atoms with van der Waals surface area (Å²) in [6, 6.07) is -0.886. The molecule has 0 heterocycles. The molecule has 0 amide bonds. The fraction of sp³-hybridized carbons (Fsp3) is 0.591. The normalized spacial score (nSPS) is 14.6. The van der Waals surface area contributed by atoms with Crippen molar-refractivity contribution in [1.29, 1.82) is 0 Å². The second-order valence-corrected chi connectivity index (χ2v) is 6.42. The zero-order valence-electron chi connectivity index (χ0n) is 16.5. The zero-order valence-corrected chi connectivity index (χ0v) is 16.5. The number of allylic oxidation sites excluding steroid dienone is 7. The van der Waals surface area contributed by atoms with Gasteiger partial charge in [0, 0.05) is 17.8 Å². The molecule has 1 N–H and O–H groups in total. The molecule has 0 saturated heterocycles. The minimum absolute atomic E-state index is 0.311. The Morgan fingerprint density at radius 2 is 1.67 bits per heavy atom. The van der Waals surface area contributed by atoms with Crippen LogP contribution < -0.4 is 0 Å². The van der Waals surface area contributed by atoms with Crippen molar-refractivity contribution in [3.63, 3.8) is 0 Å². The van der Waals surface area contributed by atoms with Crippen molar-refractivity contribution in [2.75, 3.05) is 0 Å². The molecule has 1 radical (unpaired) electrons. The summed E-state index contributed by atoms with van der Waals surface area (Å²) in [6.45, 7) is 1.71. The highest BCUT2D eigenvalue weighted by atomic mass is 16.6. The maximum absolute atomic E-state index is 10.7. The highest BCUT2D eigenvalue weighted by Gasteiger charge is 2.26. The van der Waals surface area contributed by atoms with Crippen LogP contribution in [0.15, 0.2) is 48.6 Å². The smallest absolute Gasteiger partial charge is 0.238 e. The molecule has 0 aliphatic heterocycles. The van der Waals surface area contributed by atoms with Crippen LogP contribution in [0.25, 0.3) is 0 Å². The molecular weight excluding hydrogens is 342 g/mol. The van der Waals surface area contributed by atoms with Crippen molar-refractivity contribution in [2.45, 2.75) is 83.3 Å². The van der Waals surface area contributed by atoms with Gasteiger partial charge in [-0.2, -0.15) is 0 Å².